The third-order valence-corrected chi connectivity index (χ3v) is 4.13. The van der Waals surface area contributed by atoms with E-state index in [-0.39, 0.29) is 0 Å². The molecule has 0 aliphatic rings. The van der Waals surface area contributed by atoms with E-state index in [0.29, 0.717) is 12.0 Å². The zero-order valence-corrected chi connectivity index (χ0v) is 15.4. The maximum absolute atomic E-state index is 5.28. The van der Waals surface area contributed by atoms with Gasteiger partial charge in [0.25, 0.3) is 0 Å². The molecule has 1 unspecified atom stereocenters. The van der Waals surface area contributed by atoms with E-state index in [9.17, 15) is 0 Å². The van der Waals surface area contributed by atoms with Gasteiger partial charge in [0.05, 0.1) is 12.8 Å². The van der Waals surface area contributed by atoms with Crippen LogP contribution in [0.3, 0.4) is 0 Å². The van der Waals surface area contributed by atoms with Crippen molar-refractivity contribution in [1.82, 2.24) is 9.97 Å². The number of nitrogens with one attached hydrogen (secondary N) is 2. The van der Waals surface area contributed by atoms with Gasteiger partial charge in [-0.1, -0.05) is 43.3 Å². The number of aromatic nitrogens is 2. The van der Waals surface area contributed by atoms with E-state index in [4.69, 9.17) is 4.74 Å². The van der Waals surface area contributed by atoms with E-state index in [2.05, 4.69) is 34.4 Å². The van der Waals surface area contributed by atoms with Gasteiger partial charge in [-0.05, 0) is 25.5 Å². The molecule has 1 aromatic heterocycles. The van der Waals surface area contributed by atoms with Crippen LogP contribution in [0, 0.1) is 0 Å². The molecule has 26 heavy (non-hydrogen) atoms. The third kappa shape index (κ3) is 4.51. The molecular formula is C21H24N4O. The number of nitrogens with zero attached hydrogens (tertiary/aromatic N) is 2. The predicted octanol–water partition coefficient (Wildman–Crippen LogP) is 5.11. The number of ether oxygens (including phenoxy) is 1. The molecule has 3 rings (SSSR count). The summed E-state index contributed by atoms with van der Waals surface area (Å²) in [7, 11) is 1.65. The Morgan fingerprint density at radius 1 is 1.00 bits per heavy atom. The molecule has 5 heteroatoms. The highest BCUT2D eigenvalue weighted by atomic mass is 16.5. The average molecular weight is 348 g/mol. The topological polar surface area (TPSA) is 59.1 Å². The minimum absolute atomic E-state index is 0.332. The zero-order valence-electron chi connectivity index (χ0n) is 15.4. The SMILES string of the molecule is CCC(C)Nc1cc(-c2ccccc2)nc(Nc2cccc(OC)c2)n1. The molecule has 2 aromatic carbocycles. The van der Waals surface area contributed by atoms with Crippen LogP contribution in [0.15, 0.2) is 60.7 Å². The number of methoxy groups -OCH3 is 1. The van der Waals surface area contributed by atoms with Crippen molar-refractivity contribution in [2.75, 3.05) is 17.7 Å². The molecular weight excluding hydrogens is 324 g/mol. The fourth-order valence-corrected chi connectivity index (χ4v) is 2.52. The molecule has 0 radical (unpaired) electrons. The Balaban J connectivity index is 1.96. The van der Waals surface area contributed by atoms with Gasteiger partial charge in [-0.25, -0.2) is 4.98 Å². The zero-order chi connectivity index (χ0) is 18.4. The second-order valence-corrected chi connectivity index (χ2v) is 6.14. The molecule has 0 saturated carbocycles. The van der Waals surface area contributed by atoms with Gasteiger partial charge >= 0.3 is 0 Å². The van der Waals surface area contributed by atoms with Crippen LogP contribution >= 0.6 is 0 Å². The van der Waals surface area contributed by atoms with E-state index in [1.165, 1.54) is 0 Å². The molecule has 2 N–H and O–H groups in total. The highest BCUT2D eigenvalue weighted by Gasteiger charge is 2.09. The van der Waals surface area contributed by atoms with Crippen LogP contribution < -0.4 is 15.4 Å². The summed E-state index contributed by atoms with van der Waals surface area (Å²) in [5.74, 6) is 2.14. The lowest BCUT2D eigenvalue weighted by atomic mass is 10.1. The van der Waals surface area contributed by atoms with Crippen LogP contribution in [-0.4, -0.2) is 23.1 Å². The Kier molecular flexibility index (Phi) is 5.69. The van der Waals surface area contributed by atoms with Gasteiger partial charge in [0, 0.05) is 29.4 Å². The monoisotopic (exact) mass is 348 g/mol. The summed E-state index contributed by atoms with van der Waals surface area (Å²) in [5.41, 5.74) is 2.80. The van der Waals surface area contributed by atoms with E-state index < -0.39 is 0 Å². The van der Waals surface area contributed by atoms with Crippen molar-refractivity contribution in [2.45, 2.75) is 26.3 Å². The quantitative estimate of drug-likeness (QED) is 0.621. The Bertz CT molecular complexity index is 852. The van der Waals surface area contributed by atoms with E-state index in [1.54, 1.807) is 7.11 Å². The summed E-state index contributed by atoms with van der Waals surface area (Å²) < 4.78 is 5.28. The van der Waals surface area contributed by atoms with Gasteiger partial charge in [-0.2, -0.15) is 4.98 Å². The number of anilines is 3. The van der Waals surface area contributed by atoms with Crippen LogP contribution in [-0.2, 0) is 0 Å². The smallest absolute Gasteiger partial charge is 0.229 e. The first kappa shape index (κ1) is 17.7. The van der Waals surface area contributed by atoms with Crippen LogP contribution in [0.1, 0.15) is 20.3 Å². The highest BCUT2D eigenvalue weighted by Crippen LogP contribution is 2.25. The number of hydrogen-bond acceptors (Lipinski definition) is 5. The number of benzene rings is 2. The first-order chi connectivity index (χ1) is 12.7. The summed E-state index contributed by atoms with van der Waals surface area (Å²) in [5, 5.41) is 6.71. The molecule has 134 valence electrons. The third-order valence-electron chi connectivity index (χ3n) is 4.13. The van der Waals surface area contributed by atoms with Gasteiger partial charge in [0.15, 0.2) is 0 Å². The van der Waals surface area contributed by atoms with E-state index in [1.807, 2.05) is 60.7 Å². The molecule has 0 aliphatic heterocycles. The molecule has 0 saturated heterocycles. The molecule has 0 fully saturated rings. The summed E-state index contributed by atoms with van der Waals surface area (Å²) in [4.78, 5) is 9.31. The van der Waals surface area contributed by atoms with E-state index >= 15 is 0 Å². The average Bonchev–Trinajstić information content (AvgIpc) is 2.68. The number of hydrogen-bond donors (Lipinski definition) is 2. The lowest BCUT2D eigenvalue weighted by Crippen LogP contribution is -2.15. The maximum Gasteiger partial charge on any atom is 0.229 e. The maximum atomic E-state index is 5.28. The van der Waals surface area contributed by atoms with Crippen molar-refractivity contribution in [3.8, 4) is 17.0 Å². The largest absolute Gasteiger partial charge is 0.497 e. The predicted molar refractivity (Wildman–Crippen MR) is 107 cm³/mol. The Hall–Kier alpha value is -3.08. The number of rotatable bonds is 7. The molecule has 1 atom stereocenters. The van der Waals surface area contributed by atoms with Gasteiger partial charge in [0.2, 0.25) is 5.95 Å². The Labute approximate surface area is 154 Å². The molecule has 5 nitrogen and oxygen atoms in total. The van der Waals surface area contributed by atoms with Crippen LogP contribution in [0.5, 0.6) is 5.75 Å². The normalized spacial score (nSPS) is 11.7. The van der Waals surface area contributed by atoms with Gasteiger partial charge in [0.1, 0.15) is 11.6 Å². The second kappa shape index (κ2) is 8.34. The standard InChI is InChI=1S/C21H24N4O/c1-4-15(2)22-20-14-19(16-9-6-5-7-10-16)24-21(25-20)23-17-11-8-12-18(13-17)26-3/h5-15H,4H2,1-3H3,(H2,22,23,24,25). The summed E-state index contributed by atoms with van der Waals surface area (Å²) in [6.07, 6.45) is 1.02. The van der Waals surface area contributed by atoms with Crippen molar-refractivity contribution in [2.24, 2.45) is 0 Å². The molecule has 0 spiro atoms. The minimum atomic E-state index is 0.332. The summed E-state index contributed by atoms with van der Waals surface area (Å²) in [6, 6.07) is 20.1. The van der Waals surface area contributed by atoms with Crippen molar-refractivity contribution in [3.63, 3.8) is 0 Å². The van der Waals surface area contributed by atoms with Crippen molar-refractivity contribution < 1.29 is 4.74 Å². The lowest BCUT2D eigenvalue weighted by Gasteiger charge is -2.15. The van der Waals surface area contributed by atoms with E-state index in [0.717, 1.165) is 34.9 Å². The van der Waals surface area contributed by atoms with Crippen molar-refractivity contribution in [3.05, 3.63) is 60.7 Å². The lowest BCUT2D eigenvalue weighted by molar-refractivity contribution is 0.415. The molecule has 1 heterocycles. The molecule has 3 aromatic rings. The second-order valence-electron chi connectivity index (χ2n) is 6.14. The first-order valence-electron chi connectivity index (χ1n) is 8.80. The van der Waals surface area contributed by atoms with Gasteiger partial charge in [-0.15, -0.1) is 0 Å². The Morgan fingerprint density at radius 2 is 1.81 bits per heavy atom. The molecule has 0 aliphatic carbocycles. The fourth-order valence-electron chi connectivity index (χ4n) is 2.52. The minimum Gasteiger partial charge on any atom is -0.497 e. The van der Waals surface area contributed by atoms with Crippen LogP contribution in [0.4, 0.5) is 17.5 Å². The first-order valence-corrected chi connectivity index (χ1v) is 8.80. The van der Waals surface area contributed by atoms with Crippen LogP contribution in [0.25, 0.3) is 11.3 Å². The Morgan fingerprint density at radius 3 is 2.54 bits per heavy atom. The summed E-state index contributed by atoms with van der Waals surface area (Å²) >= 11 is 0. The van der Waals surface area contributed by atoms with Gasteiger partial charge < -0.3 is 15.4 Å². The van der Waals surface area contributed by atoms with Crippen molar-refractivity contribution >= 4 is 17.5 Å². The summed E-state index contributed by atoms with van der Waals surface area (Å²) in [6.45, 7) is 4.28. The molecule has 0 bridgehead atoms. The van der Waals surface area contributed by atoms with Gasteiger partial charge in [-0.3, -0.25) is 0 Å². The highest BCUT2D eigenvalue weighted by molar-refractivity contribution is 5.66. The van der Waals surface area contributed by atoms with Crippen LogP contribution in [0.2, 0.25) is 0 Å². The van der Waals surface area contributed by atoms with Crippen molar-refractivity contribution in [1.29, 1.82) is 0 Å². The molecule has 0 amide bonds. The fraction of sp³-hybridized carbons (Fsp3) is 0.238.